The Bertz CT molecular complexity index is 824. The van der Waals surface area contributed by atoms with Crippen molar-refractivity contribution >= 4 is 29.1 Å². The predicted molar refractivity (Wildman–Crippen MR) is 104 cm³/mol. The van der Waals surface area contributed by atoms with Crippen LogP contribution in [0, 0.1) is 0 Å². The summed E-state index contributed by atoms with van der Waals surface area (Å²) in [6.45, 7) is 3.27. The van der Waals surface area contributed by atoms with Crippen molar-refractivity contribution in [3.63, 3.8) is 0 Å². The Balaban J connectivity index is 0.00000210. The van der Waals surface area contributed by atoms with Crippen molar-refractivity contribution in [1.82, 2.24) is 10.6 Å². The fourth-order valence-corrected chi connectivity index (χ4v) is 2.96. The van der Waals surface area contributed by atoms with Crippen LogP contribution in [0.3, 0.4) is 0 Å². The van der Waals surface area contributed by atoms with Gasteiger partial charge in [0, 0.05) is 56.7 Å². The second-order valence-electron chi connectivity index (χ2n) is 6.05. The van der Waals surface area contributed by atoms with E-state index in [1.165, 1.54) is 0 Å². The van der Waals surface area contributed by atoms with E-state index in [2.05, 4.69) is 31.3 Å². The molecule has 138 valence electrons. The number of rotatable bonds is 4. The summed E-state index contributed by atoms with van der Waals surface area (Å²) in [5.41, 5.74) is 3.36. The fourth-order valence-electron chi connectivity index (χ4n) is 2.96. The van der Waals surface area contributed by atoms with Gasteiger partial charge in [0.15, 0.2) is 0 Å². The smallest absolute Gasteiger partial charge is 0.323 e. The maximum absolute atomic E-state index is 12.3. The number of hydrogen-bond donors (Lipinski definition) is 4. The Morgan fingerprint density at radius 1 is 0.815 bits per heavy atom. The SMILES string of the molecule is O=C(Nc1cccc(C2=NCCN2)c1)Nc1cccc(C2=NCCN2)c1.[W]. The average Bonchev–Trinajstić information content (AvgIpc) is 3.36. The van der Waals surface area contributed by atoms with Crippen molar-refractivity contribution in [3.05, 3.63) is 59.7 Å². The number of nitrogens with one attached hydrogen (secondary N) is 4. The Kier molecular flexibility index (Phi) is 6.24. The molecule has 2 aliphatic rings. The Hall–Kier alpha value is -2.66. The minimum Gasteiger partial charge on any atom is -0.368 e. The van der Waals surface area contributed by atoms with Gasteiger partial charge in [0.05, 0.1) is 13.1 Å². The number of benzene rings is 2. The van der Waals surface area contributed by atoms with Gasteiger partial charge in [-0.3, -0.25) is 9.98 Å². The molecule has 0 bridgehead atoms. The van der Waals surface area contributed by atoms with Crippen molar-refractivity contribution < 1.29 is 25.9 Å². The van der Waals surface area contributed by atoms with Crippen LogP contribution in [0.5, 0.6) is 0 Å². The predicted octanol–water partition coefficient (Wildman–Crippen LogP) is 2.03. The van der Waals surface area contributed by atoms with Crippen LogP contribution in [0.2, 0.25) is 0 Å². The first-order valence-electron chi connectivity index (χ1n) is 8.63. The third-order valence-corrected chi connectivity index (χ3v) is 4.14. The number of carbonyl (C=O) groups is 1. The van der Waals surface area contributed by atoms with Gasteiger partial charge in [-0.2, -0.15) is 0 Å². The zero-order valence-corrected chi connectivity index (χ0v) is 17.6. The molecule has 2 heterocycles. The van der Waals surface area contributed by atoms with Gasteiger partial charge in [0.25, 0.3) is 0 Å². The molecule has 4 rings (SSSR count). The topological polar surface area (TPSA) is 89.9 Å². The molecule has 27 heavy (non-hydrogen) atoms. The monoisotopic (exact) mass is 532 g/mol. The maximum atomic E-state index is 12.3. The first kappa shape index (κ1) is 19.1. The van der Waals surface area contributed by atoms with Crippen LogP contribution in [0.4, 0.5) is 16.2 Å². The van der Waals surface area contributed by atoms with Gasteiger partial charge in [-0.25, -0.2) is 4.79 Å². The molecule has 0 atom stereocenters. The third kappa shape index (κ3) is 4.74. The van der Waals surface area contributed by atoms with Crippen LogP contribution in [0.1, 0.15) is 11.1 Å². The van der Waals surface area contributed by atoms with E-state index in [0.29, 0.717) is 0 Å². The van der Waals surface area contributed by atoms with Crippen molar-refractivity contribution in [2.45, 2.75) is 0 Å². The number of amidine groups is 2. The molecular weight excluding hydrogens is 512 g/mol. The molecule has 0 aromatic heterocycles. The minimum absolute atomic E-state index is 0. The second kappa shape index (κ2) is 8.82. The third-order valence-electron chi connectivity index (χ3n) is 4.14. The molecule has 2 aliphatic heterocycles. The van der Waals surface area contributed by atoms with Crippen molar-refractivity contribution in [3.8, 4) is 0 Å². The number of hydrogen-bond acceptors (Lipinski definition) is 5. The molecule has 2 amide bonds. The molecule has 2 aromatic rings. The van der Waals surface area contributed by atoms with Crippen LogP contribution < -0.4 is 21.3 Å². The molecule has 0 fully saturated rings. The molecule has 0 saturated carbocycles. The van der Waals surface area contributed by atoms with Crippen LogP contribution in [-0.2, 0) is 21.1 Å². The van der Waals surface area contributed by atoms with Crippen LogP contribution in [0.15, 0.2) is 58.5 Å². The van der Waals surface area contributed by atoms with E-state index in [4.69, 9.17) is 0 Å². The van der Waals surface area contributed by atoms with Crippen LogP contribution in [0.25, 0.3) is 0 Å². The Labute approximate surface area is 172 Å². The molecule has 0 unspecified atom stereocenters. The number of amides is 2. The molecule has 0 saturated heterocycles. The van der Waals surface area contributed by atoms with Crippen molar-refractivity contribution in [2.75, 3.05) is 36.8 Å². The molecule has 0 radical (unpaired) electrons. The molecule has 8 heteroatoms. The zero-order valence-electron chi connectivity index (χ0n) is 14.7. The van der Waals surface area contributed by atoms with Gasteiger partial charge in [-0.05, 0) is 24.3 Å². The summed E-state index contributed by atoms with van der Waals surface area (Å²) in [6.07, 6.45) is 0. The van der Waals surface area contributed by atoms with E-state index in [0.717, 1.165) is 60.4 Å². The van der Waals surface area contributed by atoms with E-state index in [1.807, 2.05) is 48.5 Å². The van der Waals surface area contributed by atoms with E-state index in [9.17, 15) is 4.79 Å². The van der Waals surface area contributed by atoms with Gasteiger partial charge in [0.2, 0.25) is 0 Å². The Morgan fingerprint density at radius 2 is 1.30 bits per heavy atom. The van der Waals surface area contributed by atoms with Crippen LogP contribution >= 0.6 is 0 Å². The van der Waals surface area contributed by atoms with Crippen molar-refractivity contribution in [1.29, 1.82) is 0 Å². The summed E-state index contributed by atoms with van der Waals surface area (Å²) >= 11 is 0. The normalized spacial score (nSPS) is 15.0. The molecule has 0 spiro atoms. The average molecular weight is 532 g/mol. The standard InChI is InChI=1S/C19H20N6O.W/c26-19(24-15-5-1-3-13(11-15)17-20-7-8-21-17)25-16-6-2-4-14(12-16)18-22-9-10-23-18;/h1-6,11-12H,7-10H2,(H,20,21)(H,22,23)(H2,24,25,26);. The van der Waals surface area contributed by atoms with Crippen LogP contribution in [-0.4, -0.2) is 43.9 Å². The van der Waals surface area contributed by atoms with Gasteiger partial charge in [-0.1, -0.05) is 24.3 Å². The summed E-state index contributed by atoms with van der Waals surface area (Å²) in [7, 11) is 0. The van der Waals surface area contributed by atoms with Gasteiger partial charge >= 0.3 is 6.03 Å². The van der Waals surface area contributed by atoms with Crippen molar-refractivity contribution in [2.24, 2.45) is 9.98 Å². The summed E-state index contributed by atoms with van der Waals surface area (Å²) in [5.74, 6) is 1.73. The molecular formula is C19H20N6OW. The summed E-state index contributed by atoms with van der Waals surface area (Å²) < 4.78 is 0. The van der Waals surface area contributed by atoms with E-state index in [-0.39, 0.29) is 27.1 Å². The quantitative estimate of drug-likeness (QED) is 0.486. The van der Waals surface area contributed by atoms with Gasteiger partial charge < -0.3 is 21.3 Å². The number of urea groups is 1. The molecule has 2 aromatic carbocycles. The van der Waals surface area contributed by atoms with E-state index in [1.54, 1.807) is 0 Å². The number of nitrogens with zero attached hydrogens (tertiary/aromatic N) is 2. The minimum atomic E-state index is -0.290. The Morgan fingerprint density at radius 3 is 1.70 bits per heavy atom. The summed E-state index contributed by atoms with van der Waals surface area (Å²) in [6, 6.07) is 15.0. The maximum Gasteiger partial charge on any atom is 0.323 e. The number of carbonyl (C=O) groups excluding carboxylic acids is 1. The first-order valence-corrected chi connectivity index (χ1v) is 8.63. The summed E-state index contributed by atoms with van der Waals surface area (Å²) in [5, 5.41) is 12.2. The molecule has 7 nitrogen and oxygen atoms in total. The largest absolute Gasteiger partial charge is 0.368 e. The fraction of sp³-hybridized carbons (Fsp3) is 0.211. The van der Waals surface area contributed by atoms with E-state index < -0.39 is 0 Å². The van der Waals surface area contributed by atoms with Gasteiger partial charge in [-0.15, -0.1) is 0 Å². The molecule has 4 N–H and O–H groups in total. The first-order chi connectivity index (χ1) is 12.8. The molecule has 0 aliphatic carbocycles. The number of aliphatic imine (C=N–C) groups is 2. The van der Waals surface area contributed by atoms with Gasteiger partial charge in [0.1, 0.15) is 11.7 Å². The van der Waals surface area contributed by atoms with E-state index >= 15 is 0 Å². The summed E-state index contributed by atoms with van der Waals surface area (Å²) in [4.78, 5) is 21.1. The second-order valence-corrected chi connectivity index (χ2v) is 6.05. The zero-order chi connectivity index (χ0) is 17.8. The number of anilines is 2.